The van der Waals surface area contributed by atoms with E-state index in [1.807, 2.05) is 3.28 Å². The number of rotatable bonds is 4. The van der Waals surface area contributed by atoms with Crippen LogP contribution in [0.1, 0.15) is 99.3 Å². The molecule has 0 amide bonds. The minimum absolute atomic E-state index is 0. The Hall–Kier alpha value is -1.31. The monoisotopic (exact) mass is 720 g/mol. The third-order valence-electron chi connectivity index (χ3n) is 9.70. The molecule has 0 aromatic heterocycles. The second-order valence-electron chi connectivity index (χ2n) is 16.1. The van der Waals surface area contributed by atoms with Gasteiger partial charge in [0.1, 0.15) is 0 Å². The Kier molecular flexibility index (Phi) is 11.0. The van der Waals surface area contributed by atoms with E-state index in [2.05, 4.69) is 156 Å². The van der Waals surface area contributed by atoms with Crippen molar-refractivity contribution in [1.29, 1.82) is 0 Å². The number of fused-ring (bicyclic) bond motifs is 3. The quantitative estimate of drug-likeness (QED) is 0.323. The van der Waals surface area contributed by atoms with E-state index in [9.17, 15) is 0 Å². The fourth-order valence-electron chi connectivity index (χ4n) is 7.24. The molecular weight excluding hydrogens is 671 g/mol. The molecule has 1 unspecified atom stereocenters. The normalized spacial score (nSPS) is 17.0. The van der Waals surface area contributed by atoms with E-state index in [1.54, 1.807) is 25.1 Å². The molecule has 0 fully saturated rings. The van der Waals surface area contributed by atoms with Crippen molar-refractivity contribution in [2.45, 2.75) is 103 Å². The predicted molar refractivity (Wildman–Crippen MR) is 185 cm³/mol. The second kappa shape index (κ2) is 13.1. The van der Waals surface area contributed by atoms with E-state index in [4.69, 9.17) is 0 Å². The summed E-state index contributed by atoms with van der Waals surface area (Å²) in [6.07, 6.45) is 2.67. The first kappa shape index (κ1) is 37.2. The molecule has 3 aromatic rings. The van der Waals surface area contributed by atoms with Crippen molar-refractivity contribution in [3.05, 3.63) is 114 Å². The maximum atomic E-state index is 2.67. The van der Waals surface area contributed by atoms with Crippen molar-refractivity contribution < 1.29 is 46.1 Å². The standard InChI is InChI=1S/C21H25.C10H17Si.C9H10.2ClH.Zr/c1-20(2,3)16-7-9-18-14(12-16)11-15-13-17(21(4,5)6)8-10-19(15)18;1-8-6-9(2)10(7-8)11(3,4)5;1-3-9-6-4-8(2)5-7-9;;;/h7-13H,1-6H3;7-8H,1-5H3;4-7H,1-2H3;2*1H;/q;;;;;+2/p-2. The van der Waals surface area contributed by atoms with Gasteiger partial charge in [-0.2, -0.15) is 0 Å². The van der Waals surface area contributed by atoms with Crippen molar-refractivity contribution in [1.82, 2.24) is 0 Å². The van der Waals surface area contributed by atoms with Crippen LogP contribution in [0.25, 0.3) is 11.1 Å². The van der Waals surface area contributed by atoms with E-state index in [0.717, 1.165) is 0 Å². The van der Waals surface area contributed by atoms with E-state index in [0.29, 0.717) is 9.54 Å². The topological polar surface area (TPSA) is 0 Å². The van der Waals surface area contributed by atoms with Gasteiger partial charge in [0, 0.05) is 0 Å². The first-order valence-electron chi connectivity index (χ1n) is 15.9. The molecule has 4 heteroatoms. The summed E-state index contributed by atoms with van der Waals surface area (Å²) in [5, 5.41) is 1.70. The van der Waals surface area contributed by atoms with Gasteiger partial charge in [0.2, 0.25) is 0 Å². The zero-order chi connectivity index (χ0) is 30.9. The van der Waals surface area contributed by atoms with E-state index < -0.39 is 29.3 Å². The van der Waals surface area contributed by atoms with Crippen LogP contribution in [0.5, 0.6) is 0 Å². The fourth-order valence-corrected chi connectivity index (χ4v) is 19.0. The Bertz CT molecular complexity index is 1590. The molecule has 0 aliphatic heterocycles. The van der Waals surface area contributed by atoms with Crippen LogP contribution in [0.2, 0.25) is 19.6 Å². The number of hydrogen-bond donors (Lipinski definition) is 0. The molecule has 1 atom stereocenters. The van der Waals surface area contributed by atoms with Crippen LogP contribution in [-0.4, -0.2) is 11.3 Å². The van der Waals surface area contributed by atoms with Gasteiger partial charge in [-0.05, 0) is 0 Å². The molecular formula is C40H52Cl2SiZr. The molecule has 0 nitrogen and oxygen atoms in total. The van der Waals surface area contributed by atoms with Gasteiger partial charge in [-0.15, -0.1) is 0 Å². The molecule has 0 heterocycles. The van der Waals surface area contributed by atoms with Crippen LogP contribution in [-0.2, 0) is 32.1 Å². The summed E-state index contributed by atoms with van der Waals surface area (Å²) >= 11 is -2.61. The van der Waals surface area contributed by atoms with Crippen molar-refractivity contribution in [2.24, 2.45) is 5.92 Å². The molecule has 44 heavy (non-hydrogen) atoms. The fraction of sp³-hybridized carbons (Fsp3) is 0.425. The summed E-state index contributed by atoms with van der Waals surface area (Å²) < 4.78 is 4.00. The maximum absolute atomic E-state index is 2.67. The number of halogens is 2. The number of hydrogen-bond acceptors (Lipinski definition) is 0. The molecule has 234 valence electrons. The molecule has 5 rings (SSSR count). The summed E-state index contributed by atoms with van der Waals surface area (Å²) in [5.41, 5.74) is 13.7. The average molecular weight is 723 g/mol. The number of benzene rings is 3. The van der Waals surface area contributed by atoms with Crippen molar-refractivity contribution >= 4 is 11.3 Å². The Morgan fingerprint density at radius 1 is 0.705 bits per heavy atom. The van der Waals surface area contributed by atoms with E-state index in [1.165, 1.54) is 33.4 Å². The molecule has 0 spiro atoms. The van der Waals surface area contributed by atoms with E-state index >= 15 is 0 Å². The van der Waals surface area contributed by atoms with E-state index in [-0.39, 0.29) is 35.6 Å². The number of aryl methyl sites for hydroxylation is 1. The molecule has 0 saturated heterocycles. The van der Waals surface area contributed by atoms with Gasteiger partial charge in [0.25, 0.3) is 0 Å². The molecule has 3 aromatic carbocycles. The Morgan fingerprint density at radius 3 is 1.55 bits per heavy atom. The van der Waals surface area contributed by atoms with Crippen LogP contribution < -0.4 is 24.8 Å². The number of allylic oxidation sites excluding steroid dienone is 4. The summed E-state index contributed by atoms with van der Waals surface area (Å²) in [6.45, 7) is 31.5. The Labute approximate surface area is 289 Å². The van der Waals surface area contributed by atoms with Crippen LogP contribution in [0.4, 0.5) is 0 Å². The molecule has 2 aliphatic carbocycles. The van der Waals surface area contributed by atoms with Crippen LogP contribution in [0.15, 0.2) is 80.8 Å². The zero-order valence-corrected chi connectivity index (χ0v) is 34.2. The smallest absolute Gasteiger partial charge is 1.00 e. The zero-order valence-electron chi connectivity index (χ0n) is 29.3. The van der Waals surface area contributed by atoms with Gasteiger partial charge in [-0.3, -0.25) is 0 Å². The van der Waals surface area contributed by atoms with Crippen molar-refractivity contribution in [3.8, 4) is 11.1 Å². The Morgan fingerprint density at radius 2 is 1.16 bits per heavy atom. The molecule has 0 radical (unpaired) electrons. The van der Waals surface area contributed by atoms with Crippen LogP contribution in [0, 0.1) is 12.8 Å². The SMILES string of the molecule is CC1=[C](/[Zr+2](=[C](/C)c2ccc(C)cc2)[CH]2c3cc(C(C)(C)C)ccc3-c3ccc(C(C)(C)C)cc32)C(C)C=C1[Si](C)(C)C.[Cl-].[Cl-]. The molecule has 0 N–H and O–H groups in total. The first-order chi connectivity index (χ1) is 19.4. The molecule has 0 bridgehead atoms. The Balaban J connectivity index is 0.00000264. The van der Waals surface area contributed by atoms with Crippen LogP contribution >= 0.6 is 0 Å². The average Bonchev–Trinajstić information content (AvgIpc) is 3.37. The summed E-state index contributed by atoms with van der Waals surface area (Å²) in [7, 11) is -1.46. The maximum Gasteiger partial charge on any atom is -1.00 e. The summed E-state index contributed by atoms with van der Waals surface area (Å²) in [5.74, 6) is 0.519. The molecule has 0 saturated carbocycles. The first-order valence-corrected chi connectivity index (χ1v) is 23.3. The summed E-state index contributed by atoms with van der Waals surface area (Å²) in [6, 6.07) is 24.4. The van der Waals surface area contributed by atoms with Gasteiger partial charge >= 0.3 is 267 Å². The van der Waals surface area contributed by atoms with Gasteiger partial charge < -0.3 is 24.8 Å². The van der Waals surface area contributed by atoms with Crippen molar-refractivity contribution in [3.63, 3.8) is 0 Å². The minimum Gasteiger partial charge on any atom is -1.00 e. The van der Waals surface area contributed by atoms with Gasteiger partial charge in [0.15, 0.2) is 0 Å². The summed E-state index contributed by atoms with van der Waals surface area (Å²) in [4.78, 5) is 0. The van der Waals surface area contributed by atoms with Gasteiger partial charge in [-0.25, -0.2) is 0 Å². The van der Waals surface area contributed by atoms with Crippen molar-refractivity contribution in [2.75, 3.05) is 0 Å². The van der Waals surface area contributed by atoms with Gasteiger partial charge in [0.05, 0.1) is 0 Å². The third kappa shape index (κ3) is 6.86. The largest absolute Gasteiger partial charge is 1.00 e. The van der Waals surface area contributed by atoms with Gasteiger partial charge in [-0.1, -0.05) is 0 Å². The second-order valence-corrected chi connectivity index (χ2v) is 27.8. The third-order valence-corrected chi connectivity index (χ3v) is 21.0. The minimum atomic E-state index is -2.61. The predicted octanol–water partition coefficient (Wildman–Crippen LogP) is 5.25. The molecule has 2 aliphatic rings. The van der Waals surface area contributed by atoms with Crippen LogP contribution in [0.3, 0.4) is 0 Å².